The summed E-state index contributed by atoms with van der Waals surface area (Å²) in [5.41, 5.74) is -0.963. The molecule has 4 atom stereocenters. The van der Waals surface area contributed by atoms with Gasteiger partial charge in [-0.25, -0.2) is 4.79 Å². The lowest BCUT2D eigenvalue weighted by Crippen LogP contribution is -2.63. The Balaban J connectivity index is 1.86. The highest BCUT2D eigenvalue weighted by Gasteiger charge is 2.50. The minimum Gasteiger partial charge on any atom is -0.462 e. The van der Waals surface area contributed by atoms with E-state index in [-0.39, 0.29) is 0 Å². The summed E-state index contributed by atoms with van der Waals surface area (Å²) in [6, 6.07) is 7.91. The molecule has 0 saturated carbocycles. The minimum absolute atomic E-state index is 0.347. The minimum atomic E-state index is -1.29. The number of hydrogen-bond acceptors (Lipinski definition) is 7. The van der Waals surface area contributed by atoms with E-state index >= 15 is 0 Å². The largest absolute Gasteiger partial charge is 0.462 e. The lowest BCUT2D eigenvalue weighted by Gasteiger charge is -2.46. The van der Waals surface area contributed by atoms with Crippen LogP contribution in [0.15, 0.2) is 39.5 Å². The zero-order valence-electron chi connectivity index (χ0n) is 13.6. The van der Waals surface area contributed by atoms with Crippen molar-refractivity contribution in [2.24, 2.45) is 0 Å². The zero-order valence-corrected chi connectivity index (χ0v) is 13.6. The molecule has 1 unspecified atom stereocenters. The lowest BCUT2D eigenvalue weighted by atomic mass is 9.89. The van der Waals surface area contributed by atoms with Crippen LogP contribution in [-0.4, -0.2) is 47.5 Å². The van der Waals surface area contributed by atoms with E-state index in [1.54, 1.807) is 32.0 Å². The van der Waals surface area contributed by atoms with Gasteiger partial charge in [0.05, 0.1) is 5.60 Å². The molecule has 1 aromatic carbocycles. The van der Waals surface area contributed by atoms with Gasteiger partial charge >= 0.3 is 5.63 Å². The topological polar surface area (TPSA) is 98.4 Å². The van der Waals surface area contributed by atoms with Crippen LogP contribution < -0.4 is 10.4 Å². The molecule has 1 aromatic heterocycles. The Morgan fingerprint density at radius 3 is 2.54 bits per heavy atom. The van der Waals surface area contributed by atoms with Crippen LogP contribution in [-0.2, 0) is 9.47 Å². The summed E-state index contributed by atoms with van der Waals surface area (Å²) in [6.45, 7) is 3.48. The molecule has 0 radical (unpaired) electrons. The van der Waals surface area contributed by atoms with Crippen molar-refractivity contribution in [2.75, 3.05) is 7.11 Å². The van der Waals surface area contributed by atoms with E-state index in [0.717, 1.165) is 5.39 Å². The normalized spacial score (nSPS) is 29.5. The van der Waals surface area contributed by atoms with Gasteiger partial charge in [0.2, 0.25) is 6.29 Å². The third kappa shape index (κ3) is 3.03. The fraction of sp³-hybridized carbons (Fsp3) is 0.471. The standard InChI is InChI=1S/C17H20O7/c1-17(2)15(21-3)13(19)14(20)16(24-17)22-10-6-4-9-5-7-12(18)23-11(9)8-10/h4-8,13-16,19-20H,1-3H3/t13-,14-,15+,16?/m0/s1. The first kappa shape index (κ1) is 16.9. The molecule has 0 amide bonds. The number of ether oxygens (including phenoxy) is 3. The fourth-order valence-corrected chi connectivity index (χ4v) is 2.95. The number of hydrogen-bond donors (Lipinski definition) is 2. The van der Waals surface area contributed by atoms with Crippen molar-refractivity contribution in [1.82, 2.24) is 0 Å². The van der Waals surface area contributed by atoms with Crippen LogP contribution in [0.2, 0.25) is 0 Å². The van der Waals surface area contributed by atoms with E-state index in [2.05, 4.69) is 0 Å². The molecule has 0 spiro atoms. The average molecular weight is 336 g/mol. The second kappa shape index (κ2) is 6.18. The molecule has 24 heavy (non-hydrogen) atoms. The molecule has 1 saturated heterocycles. The Bertz CT molecular complexity index is 782. The van der Waals surface area contributed by atoms with Gasteiger partial charge in [-0.3, -0.25) is 0 Å². The van der Waals surface area contributed by atoms with E-state index in [0.29, 0.717) is 11.3 Å². The van der Waals surface area contributed by atoms with E-state index in [9.17, 15) is 15.0 Å². The van der Waals surface area contributed by atoms with Crippen LogP contribution in [0, 0.1) is 0 Å². The van der Waals surface area contributed by atoms with Gasteiger partial charge in [-0.1, -0.05) is 0 Å². The second-order valence-electron chi connectivity index (χ2n) is 6.30. The van der Waals surface area contributed by atoms with Crippen molar-refractivity contribution in [3.05, 3.63) is 40.8 Å². The van der Waals surface area contributed by atoms with Crippen molar-refractivity contribution in [3.8, 4) is 5.75 Å². The molecule has 130 valence electrons. The Kier molecular flexibility index (Phi) is 4.35. The maximum Gasteiger partial charge on any atom is 0.336 e. The maximum atomic E-state index is 11.3. The van der Waals surface area contributed by atoms with Crippen LogP contribution >= 0.6 is 0 Å². The van der Waals surface area contributed by atoms with Crippen LogP contribution in [0.4, 0.5) is 0 Å². The van der Waals surface area contributed by atoms with E-state index in [1.807, 2.05) is 0 Å². The summed E-state index contributed by atoms with van der Waals surface area (Å²) < 4.78 is 21.7. The maximum absolute atomic E-state index is 11.3. The summed E-state index contributed by atoms with van der Waals surface area (Å²) in [7, 11) is 1.44. The molecule has 1 fully saturated rings. The lowest BCUT2D eigenvalue weighted by molar-refractivity contribution is -0.305. The first-order chi connectivity index (χ1) is 11.3. The quantitative estimate of drug-likeness (QED) is 0.808. The third-order valence-corrected chi connectivity index (χ3v) is 4.14. The van der Waals surface area contributed by atoms with Gasteiger partial charge in [-0.05, 0) is 32.0 Å². The second-order valence-corrected chi connectivity index (χ2v) is 6.30. The summed E-state index contributed by atoms with van der Waals surface area (Å²) in [6.07, 6.45) is -4.24. The number of rotatable bonds is 3. The Labute approximate surface area is 138 Å². The molecule has 1 aliphatic heterocycles. The molecule has 0 bridgehead atoms. The van der Waals surface area contributed by atoms with Gasteiger partial charge < -0.3 is 28.8 Å². The third-order valence-electron chi connectivity index (χ3n) is 4.14. The van der Waals surface area contributed by atoms with Crippen LogP contribution in [0.25, 0.3) is 11.0 Å². The summed E-state index contributed by atoms with van der Waals surface area (Å²) in [4.78, 5) is 11.3. The average Bonchev–Trinajstić information content (AvgIpc) is 2.52. The highest BCUT2D eigenvalue weighted by atomic mass is 16.7. The van der Waals surface area contributed by atoms with Crippen LogP contribution in [0.1, 0.15) is 13.8 Å². The molecule has 3 rings (SSSR count). The van der Waals surface area contributed by atoms with Crippen molar-refractivity contribution in [2.45, 2.75) is 44.1 Å². The van der Waals surface area contributed by atoms with E-state index in [1.165, 1.54) is 19.2 Å². The predicted molar refractivity (Wildman–Crippen MR) is 84.9 cm³/mol. The van der Waals surface area contributed by atoms with E-state index < -0.39 is 35.8 Å². The molecule has 0 aliphatic carbocycles. The molecular weight excluding hydrogens is 316 g/mol. The first-order valence-electron chi connectivity index (χ1n) is 7.59. The predicted octanol–water partition coefficient (Wildman–Crippen LogP) is 1.04. The van der Waals surface area contributed by atoms with Crippen molar-refractivity contribution >= 4 is 11.0 Å². The fourth-order valence-electron chi connectivity index (χ4n) is 2.95. The van der Waals surface area contributed by atoms with Gasteiger partial charge in [-0.2, -0.15) is 0 Å². The van der Waals surface area contributed by atoms with Crippen molar-refractivity contribution in [1.29, 1.82) is 0 Å². The zero-order chi connectivity index (χ0) is 17.5. The molecule has 1 aliphatic rings. The Hall–Kier alpha value is -1.93. The van der Waals surface area contributed by atoms with Gasteiger partial charge in [0, 0.05) is 24.6 Å². The van der Waals surface area contributed by atoms with Crippen molar-refractivity contribution < 1.29 is 28.8 Å². The number of aliphatic hydroxyl groups excluding tert-OH is 2. The number of aliphatic hydroxyl groups is 2. The number of fused-ring (bicyclic) bond motifs is 1. The van der Waals surface area contributed by atoms with Gasteiger partial charge in [-0.15, -0.1) is 0 Å². The smallest absolute Gasteiger partial charge is 0.336 e. The number of methoxy groups -OCH3 is 1. The monoisotopic (exact) mass is 336 g/mol. The molecule has 7 heteroatoms. The van der Waals surface area contributed by atoms with Crippen molar-refractivity contribution in [3.63, 3.8) is 0 Å². The van der Waals surface area contributed by atoms with Gasteiger partial charge in [0.1, 0.15) is 29.6 Å². The highest BCUT2D eigenvalue weighted by Crippen LogP contribution is 2.33. The SMILES string of the molecule is CO[C@@H]1[C@@H](O)[C@H](O)C(Oc2ccc3ccc(=O)oc3c2)OC1(C)C. The highest BCUT2D eigenvalue weighted by molar-refractivity contribution is 5.77. The van der Waals surface area contributed by atoms with Gasteiger partial charge in [0.15, 0.2) is 0 Å². The summed E-state index contributed by atoms with van der Waals surface area (Å²) in [5, 5.41) is 21.2. The molecular formula is C17H20O7. The Morgan fingerprint density at radius 1 is 1.12 bits per heavy atom. The van der Waals surface area contributed by atoms with Crippen LogP contribution in [0.5, 0.6) is 5.75 Å². The van der Waals surface area contributed by atoms with E-state index in [4.69, 9.17) is 18.6 Å². The molecule has 7 nitrogen and oxygen atoms in total. The molecule has 2 heterocycles. The first-order valence-corrected chi connectivity index (χ1v) is 7.59. The summed E-state index contributed by atoms with van der Waals surface area (Å²) in [5.74, 6) is 0.347. The Morgan fingerprint density at radius 2 is 1.83 bits per heavy atom. The summed E-state index contributed by atoms with van der Waals surface area (Å²) >= 11 is 0. The number of benzene rings is 1. The van der Waals surface area contributed by atoms with Crippen LogP contribution in [0.3, 0.4) is 0 Å². The van der Waals surface area contributed by atoms with Gasteiger partial charge in [0.25, 0.3) is 0 Å². The molecule has 2 aromatic rings. The molecule has 2 N–H and O–H groups in total.